The number of pyridine rings is 1. The first-order valence-electron chi connectivity index (χ1n) is 5.56. The third-order valence-corrected chi connectivity index (χ3v) is 2.01. The van der Waals surface area contributed by atoms with Crippen molar-refractivity contribution in [1.82, 2.24) is 10.3 Å². The molecule has 0 saturated heterocycles. The number of hydrogen-bond donors (Lipinski definition) is 2. The van der Waals surface area contributed by atoms with E-state index in [1.54, 1.807) is 19.9 Å². The fraction of sp³-hybridized carbons (Fsp3) is 0.417. The third-order valence-electron chi connectivity index (χ3n) is 2.01. The molecule has 0 saturated carbocycles. The normalized spacial score (nSPS) is 10.2. The molecule has 0 aromatic carbocycles. The van der Waals surface area contributed by atoms with E-state index in [2.05, 4.69) is 10.3 Å². The Hall–Kier alpha value is -1.95. The number of carbonyl (C=O) groups excluding carboxylic acids is 2. The standard InChI is InChI=1S/C12H16N2O4/c1-8(2)18-11(16)6-14-12(17)9-3-4-10(7-15)13-5-9/h3-5,8,15H,6-7H2,1-2H3,(H,14,17). The van der Waals surface area contributed by atoms with Gasteiger partial charge in [0.15, 0.2) is 0 Å². The Labute approximate surface area is 105 Å². The Morgan fingerprint density at radius 2 is 2.17 bits per heavy atom. The molecule has 18 heavy (non-hydrogen) atoms. The van der Waals surface area contributed by atoms with Gasteiger partial charge in [0.05, 0.1) is 24.0 Å². The molecule has 2 N–H and O–H groups in total. The van der Waals surface area contributed by atoms with Crippen LogP contribution in [-0.4, -0.2) is 34.6 Å². The highest BCUT2D eigenvalue weighted by atomic mass is 16.5. The van der Waals surface area contributed by atoms with Crippen molar-refractivity contribution in [3.05, 3.63) is 29.6 Å². The SMILES string of the molecule is CC(C)OC(=O)CNC(=O)c1ccc(CO)nc1. The van der Waals surface area contributed by atoms with Crippen LogP contribution in [-0.2, 0) is 16.1 Å². The Balaban J connectivity index is 2.47. The first-order chi connectivity index (χ1) is 8.52. The molecule has 1 aromatic rings. The molecule has 0 spiro atoms. The lowest BCUT2D eigenvalue weighted by molar-refractivity contribution is -0.146. The molecule has 6 nitrogen and oxygen atoms in total. The van der Waals surface area contributed by atoms with Gasteiger partial charge in [-0.15, -0.1) is 0 Å². The van der Waals surface area contributed by atoms with Gasteiger partial charge in [0.25, 0.3) is 5.91 Å². The smallest absolute Gasteiger partial charge is 0.325 e. The fourth-order valence-corrected chi connectivity index (χ4v) is 1.21. The molecular weight excluding hydrogens is 236 g/mol. The number of esters is 1. The van der Waals surface area contributed by atoms with Crippen LogP contribution >= 0.6 is 0 Å². The summed E-state index contributed by atoms with van der Waals surface area (Å²) in [5.74, 6) is -0.897. The van der Waals surface area contributed by atoms with Crippen molar-refractivity contribution in [2.75, 3.05) is 6.54 Å². The number of ether oxygens (including phenoxy) is 1. The minimum Gasteiger partial charge on any atom is -0.462 e. The van der Waals surface area contributed by atoms with Gasteiger partial charge >= 0.3 is 5.97 Å². The van der Waals surface area contributed by atoms with Crippen LogP contribution in [0.5, 0.6) is 0 Å². The Morgan fingerprint density at radius 3 is 2.67 bits per heavy atom. The van der Waals surface area contributed by atoms with Crippen molar-refractivity contribution in [3.8, 4) is 0 Å². The molecule has 0 atom stereocenters. The monoisotopic (exact) mass is 252 g/mol. The molecule has 98 valence electrons. The number of hydrogen-bond acceptors (Lipinski definition) is 5. The maximum absolute atomic E-state index is 11.6. The predicted molar refractivity (Wildman–Crippen MR) is 63.7 cm³/mol. The number of aliphatic hydroxyl groups excluding tert-OH is 1. The van der Waals surface area contributed by atoms with Gasteiger partial charge in [0.1, 0.15) is 6.54 Å². The average molecular weight is 252 g/mol. The molecule has 0 aliphatic heterocycles. The van der Waals surface area contributed by atoms with E-state index in [1.807, 2.05) is 0 Å². The van der Waals surface area contributed by atoms with E-state index in [0.29, 0.717) is 11.3 Å². The topological polar surface area (TPSA) is 88.5 Å². The number of nitrogens with zero attached hydrogens (tertiary/aromatic N) is 1. The zero-order chi connectivity index (χ0) is 13.5. The Morgan fingerprint density at radius 1 is 1.44 bits per heavy atom. The molecule has 0 aliphatic carbocycles. The third kappa shape index (κ3) is 4.50. The minimum absolute atomic E-state index is 0.178. The van der Waals surface area contributed by atoms with Crippen LogP contribution in [0.3, 0.4) is 0 Å². The van der Waals surface area contributed by atoms with Crippen molar-refractivity contribution >= 4 is 11.9 Å². The number of carbonyl (C=O) groups is 2. The van der Waals surface area contributed by atoms with E-state index < -0.39 is 11.9 Å². The average Bonchev–Trinajstić information content (AvgIpc) is 2.35. The van der Waals surface area contributed by atoms with Crippen molar-refractivity contribution in [1.29, 1.82) is 0 Å². The quantitative estimate of drug-likeness (QED) is 0.734. The maximum atomic E-state index is 11.6. The lowest BCUT2D eigenvalue weighted by Crippen LogP contribution is -2.31. The summed E-state index contributed by atoms with van der Waals surface area (Å²) in [5.41, 5.74) is 0.801. The van der Waals surface area contributed by atoms with E-state index in [0.717, 1.165) is 0 Å². The second-order valence-corrected chi connectivity index (χ2v) is 3.92. The molecule has 1 amide bonds. The summed E-state index contributed by atoms with van der Waals surface area (Å²) in [5, 5.41) is 11.2. The number of nitrogens with one attached hydrogen (secondary N) is 1. The highest BCUT2D eigenvalue weighted by Crippen LogP contribution is 2.00. The van der Waals surface area contributed by atoms with Gasteiger partial charge in [-0.25, -0.2) is 0 Å². The summed E-state index contributed by atoms with van der Waals surface area (Å²) in [6.45, 7) is 3.11. The molecule has 1 heterocycles. The van der Waals surface area contributed by atoms with Crippen LogP contribution in [0, 0.1) is 0 Å². The first kappa shape index (κ1) is 14.1. The molecule has 0 unspecified atom stereocenters. The van der Waals surface area contributed by atoms with Crippen LogP contribution in [0.4, 0.5) is 0 Å². The largest absolute Gasteiger partial charge is 0.462 e. The Bertz CT molecular complexity index is 415. The lowest BCUT2D eigenvalue weighted by Gasteiger charge is -2.08. The summed E-state index contributed by atoms with van der Waals surface area (Å²) in [7, 11) is 0. The zero-order valence-corrected chi connectivity index (χ0v) is 10.3. The predicted octanol–water partition coefficient (Wildman–Crippen LogP) is 0.255. The van der Waals surface area contributed by atoms with Gasteiger partial charge in [-0.3, -0.25) is 14.6 Å². The highest BCUT2D eigenvalue weighted by molar-refractivity contribution is 5.95. The molecule has 0 fully saturated rings. The molecule has 0 radical (unpaired) electrons. The fourth-order valence-electron chi connectivity index (χ4n) is 1.21. The number of rotatable bonds is 5. The lowest BCUT2D eigenvalue weighted by atomic mass is 10.2. The van der Waals surface area contributed by atoms with E-state index in [4.69, 9.17) is 9.84 Å². The van der Waals surface area contributed by atoms with Gasteiger partial charge in [-0.1, -0.05) is 0 Å². The van der Waals surface area contributed by atoms with Crippen LogP contribution < -0.4 is 5.32 Å². The van der Waals surface area contributed by atoms with Crippen molar-refractivity contribution in [2.24, 2.45) is 0 Å². The van der Waals surface area contributed by atoms with E-state index in [1.165, 1.54) is 12.3 Å². The van der Waals surface area contributed by atoms with Crippen LogP contribution in [0.2, 0.25) is 0 Å². The zero-order valence-electron chi connectivity index (χ0n) is 10.3. The molecule has 1 aromatic heterocycles. The molecular formula is C12H16N2O4. The van der Waals surface area contributed by atoms with E-state index in [-0.39, 0.29) is 19.3 Å². The molecule has 6 heteroatoms. The van der Waals surface area contributed by atoms with Gasteiger partial charge in [-0.05, 0) is 26.0 Å². The van der Waals surface area contributed by atoms with Gasteiger partial charge in [0, 0.05) is 6.20 Å². The second-order valence-electron chi connectivity index (χ2n) is 3.92. The van der Waals surface area contributed by atoms with Crippen LogP contribution in [0.15, 0.2) is 18.3 Å². The van der Waals surface area contributed by atoms with E-state index >= 15 is 0 Å². The van der Waals surface area contributed by atoms with Crippen molar-refractivity contribution in [2.45, 2.75) is 26.6 Å². The highest BCUT2D eigenvalue weighted by Gasteiger charge is 2.10. The molecule has 1 rings (SSSR count). The summed E-state index contributed by atoms with van der Waals surface area (Å²) < 4.78 is 4.87. The van der Waals surface area contributed by atoms with Crippen LogP contribution in [0.1, 0.15) is 29.9 Å². The molecule has 0 aliphatic rings. The summed E-state index contributed by atoms with van der Waals surface area (Å²) in [6, 6.07) is 3.07. The van der Waals surface area contributed by atoms with Crippen molar-refractivity contribution < 1.29 is 19.4 Å². The maximum Gasteiger partial charge on any atom is 0.325 e. The number of amides is 1. The van der Waals surface area contributed by atoms with Gasteiger partial charge in [-0.2, -0.15) is 0 Å². The van der Waals surface area contributed by atoms with Gasteiger partial charge in [0.2, 0.25) is 0 Å². The minimum atomic E-state index is -0.488. The van der Waals surface area contributed by atoms with Gasteiger partial charge < -0.3 is 15.2 Å². The summed E-state index contributed by atoms with van der Waals surface area (Å²) in [4.78, 5) is 26.7. The molecule has 0 bridgehead atoms. The summed E-state index contributed by atoms with van der Waals surface area (Å²) in [6.07, 6.45) is 1.13. The van der Waals surface area contributed by atoms with E-state index in [9.17, 15) is 9.59 Å². The number of aliphatic hydroxyl groups is 1. The van der Waals surface area contributed by atoms with Crippen LogP contribution in [0.25, 0.3) is 0 Å². The Kier molecular flexibility index (Phi) is 5.26. The second kappa shape index (κ2) is 6.70. The first-order valence-corrected chi connectivity index (χ1v) is 5.56. The summed E-state index contributed by atoms with van der Waals surface area (Å²) >= 11 is 0. The number of aromatic nitrogens is 1. The van der Waals surface area contributed by atoms with Crippen molar-refractivity contribution in [3.63, 3.8) is 0 Å².